The van der Waals surface area contributed by atoms with E-state index in [1.807, 2.05) is 6.08 Å². The summed E-state index contributed by atoms with van der Waals surface area (Å²) in [5.41, 5.74) is -0.578. The second-order valence-corrected chi connectivity index (χ2v) is 6.59. The van der Waals surface area contributed by atoms with Crippen LogP contribution in [0, 0.1) is 17.3 Å². The molecule has 0 aromatic heterocycles. The molecular weight excluding hydrogens is 240 g/mol. The molecule has 1 N–H and O–H groups in total. The molecule has 0 aliphatic heterocycles. The van der Waals surface area contributed by atoms with Crippen LogP contribution in [0.3, 0.4) is 0 Å². The van der Waals surface area contributed by atoms with Crippen molar-refractivity contribution in [1.82, 2.24) is 0 Å². The van der Waals surface area contributed by atoms with Gasteiger partial charge in [-0.1, -0.05) is 25.0 Å². The average Bonchev–Trinajstić information content (AvgIpc) is 2.72. The van der Waals surface area contributed by atoms with E-state index < -0.39 is 5.60 Å². The third kappa shape index (κ3) is 1.85. The molecule has 19 heavy (non-hydrogen) atoms. The fourth-order valence-corrected chi connectivity index (χ4v) is 4.72. The summed E-state index contributed by atoms with van der Waals surface area (Å²) in [6.07, 6.45) is 12.6. The maximum absolute atomic E-state index is 11.6. The molecule has 0 amide bonds. The monoisotopic (exact) mass is 264 g/mol. The summed E-state index contributed by atoms with van der Waals surface area (Å²) >= 11 is 0. The van der Waals surface area contributed by atoms with E-state index in [0.29, 0.717) is 5.92 Å². The van der Waals surface area contributed by atoms with Crippen LogP contribution in [0.2, 0.25) is 0 Å². The lowest BCUT2D eigenvalue weighted by Gasteiger charge is -2.48. The lowest BCUT2D eigenvalue weighted by molar-refractivity contribution is -0.145. The van der Waals surface area contributed by atoms with Crippen molar-refractivity contribution in [2.24, 2.45) is 17.3 Å². The van der Waals surface area contributed by atoms with E-state index in [2.05, 4.69) is 6.08 Å². The highest BCUT2D eigenvalue weighted by atomic mass is 16.5. The predicted octanol–water partition coefficient (Wildman–Crippen LogP) is 2.83. The minimum atomic E-state index is -0.511. The van der Waals surface area contributed by atoms with E-state index in [9.17, 15) is 9.90 Å². The Kier molecular flexibility index (Phi) is 3.20. The molecule has 3 rings (SSSR count). The number of carbonyl (C=O) groups is 1. The Morgan fingerprint density at radius 1 is 1.21 bits per heavy atom. The Labute approximate surface area is 115 Å². The number of hydrogen-bond donors (Lipinski definition) is 1. The Morgan fingerprint density at radius 2 is 2.00 bits per heavy atom. The van der Waals surface area contributed by atoms with Gasteiger partial charge in [-0.15, -0.1) is 0 Å². The van der Waals surface area contributed by atoms with Crippen LogP contribution in [-0.4, -0.2) is 23.8 Å². The standard InChI is InChI=1S/C16H24O3/c1-19-14(17)12-5-9-15(10-6-12)11-7-13-4-2-3-8-16(13,15)18/h5,9,12-13,18H,2-4,6-8,10-11H2,1H3/t12-,13-,15-,16+/m0/s1. The summed E-state index contributed by atoms with van der Waals surface area (Å²) in [5, 5.41) is 11.2. The van der Waals surface area contributed by atoms with Crippen molar-refractivity contribution in [3.63, 3.8) is 0 Å². The molecule has 0 radical (unpaired) electrons. The van der Waals surface area contributed by atoms with Gasteiger partial charge in [0.05, 0.1) is 18.6 Å². The van der Waals surface area contributed by atoms with Gasteiger partial charge in [-0.3, -0.25) is 4.79 Å². The molecule has 3 aliphatic carbocycles. The molecule has 0 aromatic carbocycles. The lowest BCUT2D eigenvalue weighted by atomic mass is 9.61. The van der Waals surface area contributed by atoms with Crippen molar-refractivity contribution in [3.8, 4) is 0 Å². The van der Waals surface area contributed by atoms with Crippen molar-refractivity contribution >= 4 is 5.97 Å². The number of hydrogen-bond acceptors (Lipinski definition) is 3. The SMILES string of the molecule is COC(=O)[C@H]1C=C[C@@]2(CC[C@@H]3CCCC[C@@]32O)CC1. The number of carbonyl (C=O) groups excluding carboxylic acids is 1. The Bertz CT molecular complexity index is 403. The average molecular weight is 264 g/mol. The van der Waals surface area contributed by atoms with Crippen LogP contribution in [0.25, 0.3) is 0 Å². The zero-order valence-corrected chi connectivity index (χ0v) is 11.7. The van der Waals surface area contributed by atoms with Crippen LogP contribution >= 0.6 is 0 Å². The molecule has 0 bridgehead atoms. The third-order valence-corrected chi connectivity index (χ3v) is 5.89. The first-order valence-corrected chi connectivity index (χ1v) is 7.61. The number of esters is 1. The first-order chi connectivity index (χ1) is 9.11. The Hall–Kier alpha value is -0.830. The van der Waals surface area contributed by atoms with Gasteiger partial charge in [-0.05, 0) is 44.4 Å². The van der Waals surface area contributed by atoms with E-state index in [0.717, 1.165) is 38.5 Å². The highest BCUT2D eigenvalue weighted by molar-refractivity contribution is 5.74. The predicted molar refractivity (Wildman–Crippen MR) is 72.5 cm³/mol. The lowest BCUT2D eigenvalue weighted by Crippen LogP contribution is -2.50. The summed E-state index contributed by atoms with van der Waals surface area (Å²) in [5.74, 6) is 0.221. The molecule has 106 valence electrons. The van der Waals surface area contributed by atoms with Crippen LogP contribution in [0.15, 0.2) is 12.2 Å². The van der Waals surface area contributed by atoms with E-state index >= 15 is 0 Å². The smallest absolute Gasteiger partial charge is 0.312 e. The normalized spacial score (nSPS) is 45.2. The summed E-state index contributed by atoms with van der Waals surface area (Å²) in [7, 11) is 1.45. The van der Waals surface area contributed by atoms with Gasteiger partial charge in [0.25, 0.3) is 0 Å². The molecular formula is C16H24O3. The summed E-state index contributed by atoms with van der Waals surface area (Å²) in [4.78, 5) is 11.6. The van der Waals surface area contributed by atoms with E-state index in [1.54, 1.807) is 0 Å². The maximum Gasteiger partial charge on any atom is 0.312 e. The molecule has 4 atom stereocenters. The van der Waals surface area contributed by atoms with Crippen LogP contribution < -0.4 is 0 Å². The van der Waals surface area contributed by atoms with Gasteiger partial charge in [-0.2, -0.15) is 0 Å². The molecule has 1 spiro atoms. The molecule has 2 fully saturated rings. The second-order valence-electron chi connectivity index (χ2n) is 6.59. The molecule has 2 saturated carbocycles. The number of fused-ring (bicyclic) bond motifs is 2. The third-order valence-electron chi connectivity index (χ3n) is 5.89. The first kappa shape index (κ1) is 13.2. The molecule has 0 heterocycles. The fourth-order valence-electron chi connectivity index (χ4n) is 4.72. The molecule has 0 unspecified atom stereocenters. The molecule has 3 aliphatic rings. The number of aliphatic hydroxyl groups is 1. The maximum atomic E-state index is 11.6. The van der Waals surface area contributed by atoms with Crippen LogP contribution in [0.5, 0.6) is 0 Å². The highest BCUT2D eigenvalue weighted by Gasteiger charge is 2.58. The highest BCUT2D eigenvalue weighted by Crippen LogP contribution is 2.60. The van der Waals surface area contributed by atoms with Crippen molar-refractivity contribution in [3.05, 3.63) is 12.2 Å². The summed E-state index contributed by atoms with van der Waals surface area (Å²) in [6.45, 7) is 0. The minimum absolute atomic E-state index is 0.0669. The van der Waals surface area contributed by atoms with Gasteiger partial charge in [0, 0.05) is 5.41 Å². The van der Waals surface area contributed by atoms with Crippen molar-refractivity contribution in [2.45, 2.75) is 57.0 Å². The Balaban J connectivity index is 1.84. The quantitative estimate of drug-likeness (QED) is 0.585. The molecule has 0 saturated heterocycles. The van der Waals surface area contributed by atoms with Gasteiger partial charge < -0.3 is 9.84 Å². The summed E-state index contributed by atoms with van der Waals surface area (Å²) in [6, 6.07) is 0. The van der Waals surface area contributed by atoms with Crippen LogP contribution in [0.4, 0.5) is 0 Å². The molecule has 3 heteroatoms. The number of methoxy groups -OCH3 is 1. The Morgan fingerprint density at radius 3 is 2.68 bits per heavy atom. The minimum Gasteiger partial charge on any atom is -0.469 e. The van der Waals surface area contributed by atoms with Gasteiger partial charge in [-0.25, -0.2) is 0 Å². The second kappa shape index (κ2) is 4.62. The van der Waals surface area contributed by atoms with E-state index in [4.69, 9.17) is 4.74 Å². The summed E-state index contributed by atoms with van der Waals surface area (Å²) < 4.78 is 4.82. The van der Waals surface area contributed by atoms with Crippen molar-refractivity contribution in [1.29, 1.82) is 0 Å². The zero-order chi connectivity index (χ0) is 13.5. The van der Waals surface area contributed by atoms with Gasteiger partial charge in [0.2, 0.25) is 0 Å². The van der Waals surface area contributed by atoms with Gasteiger partial charge in [0.15, 0.2) is 0 Å². The molecule has 0 aromatic rings. The fraction of sp³-hybridized carbons (Fsp3) is 0.812. The van der Waals surface area contributed by atoms with Crippen LogP contribution in [0.1, 0.15) is 51.4 Å². The molecule has 3 nitrogen and oxygen atoms in total. The zero-order valence-electron chi connectivity index (χ0n) is 11.7. The van der Waals surface area contributed by atoms with Gasteiger partial charge in [0.1, 0.15) is 0 Å². The van der Waals surface area contributed by atoms with Crippen LogP contribution in [-0.2, 0) is 9.53 Å². The largest absolute Gasteiger partial charge is 0.469 e. The van der Waals surface area contributed by atoms with Crippen molar-refractivity contribution < 1.29 is 14.6 Å². The van der Waals surface area contributed by atoms with E-state index in [-0.39, 0.29) is 17.3 Å². The number of rotatable bonds is 1. The van der Waals surface area contributed by atoms with E-state index in [1.165, 1.54) is 20.0 Å². The number of ether oxygens (including phenoxy) is 1. The topological polar surface area (TPSA) is 46.5 Å². The van der Waals surface area contributed by atoms with Gasteiger partial charge >= 0.3 is 5.97 Å². The van der Waals surface area contributed by atoms with Crippen molar-refractivity contribution in [2.75, 3.05) is 7.11 Å². The first-order valence-electron chi connectivity index (χ1n) is 7.61.